The molecule has 4 heterocycles. The SMILES string of the molecule is Cc1ccc2c(N)c(C(=O)N[C@H]3COc4cc(N5CCN(C(=O)O)CC5)cc(F)c4C3)sc2n1. The Hall–Kier alpha value is -3.60. The van der Waals surface area contributed by atoms with Crippen LogP contribution < -0.4 is 20.7 Å². The van der Waals surface area contributed by atoms with Crippen molar-refractivity contribution in [1.82, 2.24) is 15.2 Å². The lowest BCUT2D eigenvalue weighted by Crippen LogP contribution is -2.48. The number of piperazine rings is 1. The summed E-state index contributed by atoms with van der Waals surface area (Å²) in [7, 11) is 0. The molecule has 2 aliphatic heterocycles. The van der Waals surface area contributed by atoms with E-state index in [2.05, 4.69) is 10.3 Å². The minimum atomic E-state index is -0.948. The Balaban J connectivity index is 1.29. The molecule has 0 radical (unpaired) electrons. The maximum atomic E-state index is 15.0. The van der Waals surface area contributed by atoms with Gasteiger partial charge in [0.25, 0.3) is 5.91 Å². The number of aromatic nitrogens is 1. The molecule has 34 heavy (non-hydrogen) atoms. The van der Waals surface area contributed by atoms with Gasteiger partial charge in [0.15, 0.2) is 0 Å². The molecule has 178 valence electrons. The highest BCUT2D eigenvalue weighted by Crippen LogP contribution is 2.35. The third-order valence-corrected chi connectivity index (χ3v) is 7.33. The highest BCUT2D eigenvalue weighted by atomic mass is 32.1. The first-order valence-electron chi connectivity index (χ1n) is 10.9. The van der Waals surface area contributed by atoms with Crippen LogP contribution in [-0.2, 0) is 6.42 Å². The number of nitrogen functional groups attached to an aromatic ring is 1. The van der Waals surface area contributed by atoms with Crippen LogP contribution in [0.3, 0.4) is 0 Å². The number of carbonyl (C=O) groups excluding carboxylic acids is 1. The van der Waals surface area contributed by atoms with E-state index in [1.165, 1.54) is 22.3 Å². The zero-order valence-corrected chi connectivity index (χ0v) is 19.3. The van der Waals surface area contributed by atoms with Crippen LogP contribution in [0, 0.1) is 12.7 Å². The molecule has 1 saturated heterocycles. The van der Waals surface area contributed by atoms with Gasteiger partial charge in [-0.2, -0.15) is 0 Å². The average molecular weight is 486 g/mol. The number of nitrogens with one attached hydrogen (secondary N) is 1. The van der Waals surface area contributed by atoms with Crippen LogP contribution in [0.15, 0.2) is 24.3 Å². The minimum Gasteiger partial charge on any atom is -0.491 e. The first-order valence-corrected chi connectivity index (χ1v) is 11.8. The zero-order chi connectivity index (χ0) is 24.0. The molecule has 2 aromatic heterocycles. The Kier molecular flexibility index (Phi) is 5.64. The van der Waals surface area contributed by atoms with Crippen LogP contribution in [0.2, 0.25) is 0 Å². The van der Waals surface area contributed by atoms with Gasteiger partial charge in [-0.25, -0.2) is 14.2 Å². The van der Waals surface area contributed by atoms with Crippen LogP contribution in [0.5, 0.6) is 5.75 Å². The summed E-state index contributed by atoms with van der Waals surface area (Å²) in [6.07, 6.45) is -0.654. The van der Waals surface area contributed by atoms with Crippen molar-refractivity contribution in [3.63, 3.8) is 0 Å². The van der Waals surface area contributed by atoms with Gasteiger partial charge in [-0.15, -0.1) is 11.3 Å². The van der Waals surface area contributed by atoms with E-state index in [4.69, 9.17) is 15.6 Å². The molecule has 4 N–H and O–H groups in total. The Labute approximate surface area is 198 Å². The third kappa shape index (κ3) is 4.07. The van der Waals surface area contributed by atoms with Gasteiger partial charge < -0.3 is 30.7 Å². The normalized spacial score (nSPS) is 17.9. The number of halogens is 1. The van der Waals surface area contributed by atoms with Crippen LogP contribution in [0.1, 0.15) is 20.9 Å². The van der Waals surface area contributed by atoms with E-state index < -0.39 is 18.0 Å². The molecule has 0 spiro atoms. The molecule has 1 atom stereocenters. The number of nitrogens with zero attached hydrogens (tertiary/aromatic N) is 3. The van der Waals surface area contributed by atoms with E-state index in [1.54, 1.807) is 6.07 Å². The summed E-state index contributed by atoms with van der Waals surface area (Å²) in [5.41, 5.74) is 8.49. The molecular formula is C23H24FN5O4S. The summed E-state index contributed by atoms with van der Waals surface area (Å²) in [6, 6.07) is 6.53. The zero-order valence-electron chi connectivity index (χ0n) is 18.5. The first-order chi connectivity index (χ1) is 16.3. The van der Waals surface area contributed by atoms with Crippen molar-refractivity contribution in [3.05, 3.63) is 46.2 Å². The second-order valence-corrected chi connectivity index (χ2v) is 9.50. The van der Waals surface area contributed by atoms with Crippen molar-refractivity contribution >= 4 is 44.9 Å². The molecule has 9 nitrogen and oxygen atoms in total. The lowest BCUT2D eigenvalue weighted by molar-refractivity contribution is 0.0919. The molecule has 2 aliphatic rings. The quantitative estimate of drug-likeness (QED) is 0.522. The number of carbonyl (C=O) groups is 2. The molecular weight excluding hydrogens is 461 g/mol. The fourth-order valence-electron chi connectivity index (χ4n) is 4.36. The summed E-state index contributed by atoms with van der Waals surface area (Å²) in [4.78, 5) is 32.8. The van der Waals surface area contributed by atoms with E-state index in [9.17, 15) is 9.59 Å². The Bertz CT molecular complexity index is 1290. The number of nitrogens with two attached hydrogens (primary N) is 1. The van der Waals surface area contributed by atoms with Gasteiger partial charge in [0.05, 0.1) is 11.7 Å². The van der Waals surface area contributed by atoms with Gasteiger partial charge in [-0.3, -0.25) is 4.79 Å². The summed E-state index contributed by atoms with van der Waals surface area (Å²) in [5.74, 6) is -0.293. The number of pyridine rings is 1. The number of hydrogen-bond acceptors (Lipinski definition) is 7. The smallest absolute Gasteiger partial charge is 0.407 e. The molecule has 2 amide bonds. The van der Waals surface area contributed by atoms with Crippen molar-refractivity contribution in [2.24, 2.45) is 0 Å². The van der Waals surface area contributed by atoms with Crippen molar-refractivity contribution in [3.8, 4) is 5.75 Å². The fraction of sp³-hybridized carbons (Fsp3) is 0.348. The largest absolute Gasteiger partial charge is 0.491 e. The van der Waals surface area contributed by atoms with Gasteiger partial charge in [-0.05, 0) is 25.1 Å². The Morgan fingerprint density at radius 2 is 2.03 bits per heavy atom. The Morgan fingerprint density at radius 1 is 1.26 bits per heavy atom. The number of anilines is 2. The number of ether oxygens (including phenoxy) is 1. The van der Waals surface area contributed by atoms with Crippen molar-refractivity contribution < 1.29 is 23.8 Å². The van der Waals surface area contributed by atoms with Gasteiger partial charge in [0.2, 0.25) is 0 Å². The van der Waals surface area contributed by atoms with E-state index >= 15 is 4.39 Å². The fourth-order valence-corrected chi connectivity index (χ4v) is 5.40. The lowest BCUT2D eigenvalue weighted by atomic mass is 10.0. The summed E-state index contributed by atoms with van der Waals surface area (Å²) in [5, 5.41) is 12.8. The third-order valence-electron chi connectivity index (χ3n) is 6.22. The number of thiophene rings is 1. The highest BCUT2D eigenvalue weighted by Gasteiger charge is 2.28. The number of carboxylic acid groups (broad SMARTS) is 1. The number of hydrogen-bond donors (Lipinski definition) is 3. The standard InChI is InChI=1S/C23H24FN5O4S/c1-12-2-3-15-19(25)20(34-22(15)26-12)21(30)27-13-8-16-17(24)9-14(10-18(16)33-11-13)28-4-6-29(7-5-28)23(31)32/h2-3,9-10,13H,4-8,11,25H2,1H3,(H,27,30)(H,31,32)/t13-/m1/s1. The minimum absolute atomic E-state index is 0.205. The second kappa shape index (κ2) is 8.64. The average Bonchev–Trinajstić information content (AvgIpc) is 3.15. The topological polar surface area (TPSA) is 121 Å². The molecule has 0 unspecified atom stereocenters. The molecule has 0 saturated carbocycles. The maximum absolute atomic E-state index is 15.0. The summed E-state index contributed by atoms with van der Waals surface area (Å²) < 4.78 is 20.8. The Morgan fingerprint density at radius 3 is 2.76 bits per heavy atom. The molecule has 0 bridgehead atoms. The molecule has 1 fully saturated rings. The van der Waals surface area contributed by atoms with E-state index in [0.29, 0.717) is 65.0 Å². The molecule has 3 aromatic rings. The van der Waals surface area contributed by atoms with E-state index in [-0.39, 0.29) is 12.5 Å². The number of rotatable bonds is 3. The van der Waals surface area contributed by atoms with Gasteiger partial charge in [0, 0.05) is 61.0 Å². The molecule has 5 rings (SSSR count). The van der Waals surface area contributed by atoms with Crippen molar-refractivity contribution in [2.45, 2.75) is 19.4 Å². The van der Waals surface area contributed by atoms with Crippen LogP contribution >= 0.6 is 11.3 Å². The summed E-state index contributed by atoms with van der Waals surface area (Å²) >= 11 is 1.23. The highest BCUT2D eigenvalue weighted by molar-refractivity contribution is 7.21. The van der Waals surface area contributed by atoms with Gasteiger partial charge >= 0.3 is 6.09 Å². The molecule has 0 aliphatic carbocycles. The van der Waals surface area contributed by atoms with Crippen LogP contribution in [0.4, 0.5) is 20.6 Å². The molecule has 11 heteroatoms. The number of amides is 2. The summed E-state index contributed by atoms with van der Waals surface area (Å²) in [6.45, 7) is 3.76. The van der Waals surface area contributed by atoms with E-state index in [1.807, 2.05) is 24.0 Å². The van der Waals surface area contributed by atoms with Gasteiger partial charge in [0.1, 0.15) is 27.9 Å². The maximum Gasteiger partial charge on any atom is 0.407 e. The molecule has 1 aromatic carbocycles. The lowest BCUT2D eigenvalue weighted by Gasteiger charge is -2.35. The van der Waals surface area contributed by atoms with Crippen LogP contribution in [0.25, 0.3) is 10.2 Å². The first kappa shape index (κ1) is 22.2. The predicted molar refractivity (Wildman–Crippen MR) is 127 cm³/mol. The van der Waals surface area contributed by atoms with Crippen LogP contribution in [-0.4, -0.2) is 65.8 Å². The van der Waals surface area contributed by atoms with Gasteiger partial charge in [-0.1, -0.05) is 0 Å². The second-order valence-electron chi connectivity index (χ2n) is 8.50. The number of aryl methyl sites for hydroxylation is 1. The number of fused-ring (bicyclic) bond motifs is 2. The van der Waals surface area contributed by atoms with Crippen molar-refractivity contribution in [1.29, 1.82) is 0 Å². The monoisotopic (exact) mass is 485 g/mol. The van der Waals surface area contributed by atoms with Crippen molar-refractivity contribution in [2.75, 3.05) is 43.4 Å². The number of benzene rings is 1. The predicted octanol–water partition coefficient (Wildman–Crippen LogP) is 2.86. The van der Waals surface area contributed by atoms with E-state index in [0.717, 1.165) is 11.1 Å².